The number of nitrogens with one attached hydrogen (secondary N) is 1. The van der Waals surface area contributed by atoms with Gasteiger partial charge in [0.2, 0.25) is 0 Å². The molecule has 0 saturated heterocycles. The lowest BCUT2D eigenvalue weighted by molar-refractivity contribution is 0.628. The Labute approximate surface area is 126 Å². The number of aromatic nitrogens is 3. The van der Waals surface area contributed by atoms with Crippen LogP contribution in [0.2, 0.25) is 5.02 Å². The van der Waals surface area contributed by atoms with Crippen LogP contribution in [0.25, 0.3) is 11.0 Å². The number of aryl methyl sites for hydroxylation is 2. The molecule has 3 rings (SSSR count). The summed E-state index contributed by atoms with van der Waals surface area (Å²) in [6.07, 6.45) is 1.79. The van der Waals surface area contributed by atoms with E-state index >= 15 is 0 Å². The van der Waals surface area contributed by atoms with Crippen LogP contribution in [-0.4, -0.2) is 14.8 Å². The number of halogens is 2. The zero-order valence-corrected chi connectivity index (χ0v) is 12.4. The van der Waals surface area contributed by atoms with Crippen molar-refractivity contribution in [2.75, 3.05) is 5.32 Å². The maximum Gasteiger partial charge on any atom is 0.157 e. The van der Waals surface area contributed by atoms with Crippen molar-refractivity contribution in [1.29, 1.82) is 0 Å². The van der Waals surface area contributed by atoms with Gasteiger partial charge in [0.15, 0.2) is 5.65 Å². The minimum atomic E-state index is -0.360. The van der Waals surface area contributed by atoms with Crippen LogP contribution in [-0.2, 0) is 13.6 Å². The second-order valence-corrected chi connectivity index (χ2v) is 5.37. The van der Waals surface area contributed by atoms with Gasteiger partial charge in [-0.2, -0.15) is 5.10 Å². The summed E-state index contributed by atoms with van der Waals surface area (Å²) >= 11 is 5.83. The van der Waals surface area contributed by atoms with Crippen LogP contribution in [0, 0.1) is 12.7 Å². The van der Waals surface area contributed by atoms with Gasteiger partial charge in [-0.25, -0.2) is 9.37 Å². The van der Waals surface area contributed by atoms with Crippen molar-refractivity contribution < 1.29 is 4.39 Å². The predicted molar refractivity (Wildman–Crippen MR) is 82.0 cm³/mol. The molecule has 0 fully saturated rings. The largest absolute Gasteiger partial charge is 0.381 e. The molecule has 0 amide bonds. The fraction of sp³-hybridized carbons (Fsp3) is 0.200. The highest BCUT2D eigenvalue weighted by molar-refractivity contribution is 6.30. The van der Waals surface area contributed by atoms with E-state index in [0.717, 1.165) is 22.3 Å². The quantitative estimate of drug-likeness (QED) is 0.802. The third-order valence-corrected chi connectivity index (χ3v) is 3.50. The lowest BCUT2D eigenvalue weighted by Crippen LogP contribution is -2.01. The summed E-state index contributed by atoms with van der Waals surface area (Å²) in [6.45, 7) is 2.49. The van der Waals surface area contributed by atoms with E-state index in [-0.39, 0.29) is 5.82 Å². The van der Waals surface area contributed by atoms with Crippen LogP contribution in [0.5, 0.6) is 0 Å². The molecule has 0 aliphatic carbocycles. The molecule has 2 heterocycles. The van der Waals surface area contributed by atoms with Crippen molar-refractivity contribution in [2.24, 2.45) is 7.05 Å². The van der Waals surface area contributed by atoms with Gasteiger partial charge in [0.1, 0.15) is 5.82 Å². The number of nitrogens with zero attached hydrogens (tertiary/aromatic N) is 3. The van der Waals surface area contributed by atoms with Gasteiger partial charge in [-0.1, -0.05) is 11.6 Å². The molecular formula is C15H14ClFN4. The molecule has 0 radical (unpaired) electrons. The summed E-state index contributed by atoms with van der Waals surface area (Å²) in [6, 6.07) is 6.41. The molecule has 3 aromatic rings. The Morgan fingerprint density at radius 2 is 2.10 bits per heavy atom. The molecule has 2 aromatic heterocycles. The Bertz CT molecular complexity index is 793. The summed E-state index contributed by atoms with van der Waals surface area (Å²) in [5.74, 6) is -0.360. The first kappa shape index (κ1) is 13.8. The number of hydrogen-bond donors (Lipinski definition) is 1. The van der Waals surface area contributed by atoms with Crippen LogP contribution >= 0.6 is 11.6 Å². The van der Waals surface area contributed by atoms with E-state index in [0.29, 0.717) is 17.3 Å². The average molecular weight is 305 g/mol. The van der Waals surface area contributed by atoms with E-state index in [9.17, 15) is 4.39 Å². The van der Waals surface area contributed by atoms with E-state index in [2.05, 4.69) is 15.4 Å². The van der Waals surface area contributed by atoms with Crippen LogP contribution in [0.4, 0.5) is 10.1 Å². The predicted octanol–water partition coefficient (Wildman–Crippen LogP) is 3.68. The summed E-state index contributed by atoms with van der Waals surface area (Å²) < 4.78 is 15.0. The molecule has 0 aliphatic rings. The van der Waals surface area contributed by atoms with Gasteiger partial charge in [0, 0.05) is 35.9 Å². The second kappa shape index (κ2) is 5.33. The lowest BCUT2D eigenvalue weighted by Gasteiger charge is -2.07. The Morgan fingerprint density at radius 1 is 1.29 bits per heavy atom. The number of benzene rings is 1. The summed E-state index contributed by atoms with van der Waals surface area (Å²) in [5.41, 5.74) is 3.43. The third-order valence-electron chi connectivity index (χ3n) is 3.28. The lowest BCUT2D eigenvalue weighted by atomic mass is 10.2. The Hall–Kier alpha value is -2.14. The van der Waals surface area contributed by atoms with E-state index in [1.807, 2.05) is 20.0 Å². The maximum atomic E-state index is 13.3. The SMILES string of the molecule is Cc1nn(C)c2ncc(CNc3cc(F)cc(Cl)c3)cc12. The highest BCUT2D eigenvalue weighted by atomic mass is 35.5. The number of pyridine rings is 1. The molecule has 0 saturated carbocycles. The van der Waals surface area contributed by atoms with E-state index in [4.69, 9.17) is 11.6 Å². The first-order valence-electron chi connectivity index (χ1n) is 6.51. The van der Waals surface area contributed by atoms with Gasteiger partial charge in [-0.05, 0) is 36.8 Å². The Kier molecular flexibility index (Phi) is 3.51. The summed E-state index contributed by atoms with van der Waals surface area (Å²) in [7, 11) is 1.87. The second-order valence-electron chi connectivity index (χ2n) is 4.94. The monoisotopic (exact) mass is 304 g/mol. The fourth-order valence-electron chi connectivity index (χ4n) is 2.31. The molecule has 108 valence electrons. The van der Waals surface area contributed by atoms with Crippen molar-refractivity contribution >= 4 is 28.3 Å². The molecule has 21 heavy (non-hydrogen) atoms. The standard InChI is InChI=1S/C15H14ClFN4/c1-9-14-3-10(8-19-15(14)21(2)20-9)7-18-13-5-11(16)4-12(17)6-13/h3-6,8,18H,7H2,1-2H3. The van der Waals surface area contributed by atoms with Crippen molar-refractivity contribution in [1.82, 2.24) is 14.8 Å². The van der Waals surface area contributed by atoms with E-state index in [1.54, 1.807) is 16.9 Å². The summed E-state index contributed by atoms with van der Waals surface area (Å²) in [5, 5.41) is 8.87. The molecule has 0 unspecified atom stereocenters. The Balaban J connectivity index is 1.83. The van der Waals surface area contributed by atoms with Crippen LogP contribution in [0.1, 0.15) is 11.3 Å². The highest BCUT2D eigenvalue weighted by Gasteiger charge is 2.07. The molecule has 0 bridgehead atoms. The topological polar surface area (TPSA) is 42.7 Å². The van der Waals surface area contributed by atoms with Crippen molar-refractivity contribution in [2.45, 2.75) is 13.5 Å². The van der Waals surface area contributed by atoms with E-state index < -0.39 is 0 Å². The highest BCUT2D eigenvalue weighted by Crippen LogP contribution is 2.20. The molecule has 4 nitrogen and oxygen atoms in total. The zero-order valence-electron chi connectivity index (χ0n) is 11.7. The van der Waals surface area contributed by atoms with E-state index in [1.165, 1.54) is 12.1 Å². The van der Waals surface area contributed by atoms with Crippen molar-refractivity contribution in [3.8, 4) is 0 Å². The fourth-order valence-corrected chi connectivity index (χ4v) is 2.53. The minimum Gasteiger partial charge on any atom is -0.381 e. The van der Waals surface area contributed by atoms with Crippen LogP contribution < -0.4 is 5.32 Å². The van der Waals surface area contributed by atoms with Gasteiger partial charge >= 0.3 is 0 Å². The first-order valence-corrected chi connectivity index (χ1v) is 6.89. The van der Waals surface area contributed by atoms with Crippen molar-refractivity contribution in [3.63, 3.8) is 0 Å². The molecule has 0 spiro atoms. The number of hydrogen-bond acceptors (Lipinski definition) is 3. The first-order chi connectivity index (χ1) is 10.0. The molecule has 0 atom stereocenters. The number of anilines is 1. The summed E-state index contributed by atoms with van der Waals surface area (Å²) in [4.78, 5) is 4.41. The van der Waals surface area contributed by atoms with Gasteiger partial charge in [-0.3, -0.25) is 4.68 Å². The van der Waals surface area contributed by atoms with Gasteiger partial charge < -0.3 is 5.32 Å². The maximum absolute atomic E-state index is 13.3. The van der Waals surface area contributed by atoms with Crippen molar-refractivity contribution in [3.05, 3.63) is 52.6 Å². The zero-order chi connectivity index (χ0) is 15.0. The molecule has 1 aromatic carbocycles. The number of fused-ring (bicyclic) bond motifs is 1. The Morgan fingerprint density at radius 3 is 2.86 bits per heavy atom. The van der Waals surface area contributed by atoms with Crippen LogP contribution in [0.15, 0.2) is 30.5 Å². The van der Waals surface area contributed by atoms with Gasteiger partial charge in [0.05, 0.1) is 5.69 Å². The van der Waals surface area contributed by atoms with Gasteiger partial charge in [0.25, 0.3) is 0 Å². The van der Waals surface area contributed by atoms with Crippen LogP contribution in [0.3, 0.4) is 0 Å². The molecule has 1 N–H and O–H groups in total. The minimum absolute atomic E-state index is 0.360. The normalized spacial score (nSPS) is 11.0. The molecule has 6 heteroatoms. The molecular weight excluding hydrogens is 291 g/mol. The molecule has 0 aliphatic heterocycles. The number of rotatable bonds is 3. The van der Waals surface area contributed by atoms with Gasteiger partial charge in [-0.15, -0.1) is 0 Å². The third kappa shape index (κ3) is 2.83. The smallest absolute Gasteiger partial charge is 0.157 e. The average Bonchev–Trinajstić information content (AvgIpc) is 2.70.